The summed E-state index contributed by atoms with van der Waals surface area (Å²) in [6.45, 7) is 2.32. The molecule has 0 bridgehead atoms. The van der Waals surface area contributed by atoms with Crippen molar-refractivity contribution >= 4 is 17.5 Å². The lowest BCUT2D eigenvalue weighted by atomic mass is 10.1. The number of hydrogen-bond acceptors (Lipinski definition) is 3. The number of benzene rings is 2. The van der Waals surface area contributed by atoms with Crippen molar-refractivity contribution in [3.8, 4) is 17.1 Å². The number of halogens is 1. The van der Waals surface area contributed by atoms with Gasteiger partial charge in [-0.05, 0) is 49.2 Å². The number of hydrogen-bond donors (Lipinski definition) is 1. The first-order valence-electron chi connectivity index (χ1n) is 8.35. The van der Waals surface area contributed by atoms with Gasteiger partial charge in [0.15, 0.2) is 0 Å². The van der Waals surface area contributed by atoms with Gasteiger partial charge in [-0.3, -0.25) is 4.79 Å². The molecule has 134 valence electrons. The lowest BCUT2D eigenvalue weighted by molar-refractivity contribution is 0.0952. The molecular formula is C21H20ClNO3. The van der Waals surface area contributed by atoms with E-state index >= 15 is 0 Å². The van der Waals surface area contributed by atoms with Crippen LogP contribution >= 0.6 is 11.6 Å². The molecule has 1 aromatic heterocycles. The minimum Gasteiger partial charge on any atom is -0.497 e. The second-order valence-corrected chi connectivity index (χ2v) is 6.32. The highest BCUT2D eigenvalue weighted by atomic mass is 35.5. The molecule has 3 aromatic rings. The van der Waals surface area contributed by atoms with Gasteiger partial charge in [0.2, 0.25) is 0 Å². The highest BCUT2D eigenvalue weighted by molar-refractivity contribution is 6.33. The van der Waals surface area contributed by atoms with Crippen LogP contribution in [0.1, 0.15) is 21.7 Å². The summed E-state index contributed by atoms with van der Waals surface area (Å²) in [5.41, 5.74) is 2.43. The summed E-state index contributed by atoms with van der Waals surface area (Å²) in [7, 11) is 1.64. The fraction of sp³-hybridized carbons (Fsp3) is 0.190. The van der Waals surface area contributed by atoms with E-state index < -0.39 is 0 Å². The first-order chi connectivity index (χ1) is 12.6. The average molecular weight is 370 g/mol. The van der Waals surface area contributed by atoms with Crippen molar-refractivity contribution in [3.63, 3.8) is 0 Å². The number of carbonyl (C=O) groups excluding carboxylic acids is 1. The van der Waals surface area contributed by atoms with Crippen molar-refractivity contribution in [2.75, 3.05) is 13.7 Å². The van der Waals surface area contributed by atoms with Crippen LogP contribution in [-0.4, -0.2) is 19.6 Å². The molecule has 26 heavy (non-hydrogen) atoms. The molecule has 1 heterocycles. The summed E-state index contributed by atoms with van der Waals surface area (Å²) < 4.78 is 10.9. The van der Waals surface area contributed by atoms with Crippen molar-refractivity contribution in [2.24, 2.45) is 0 Å². The predicted octanol–water partition coefficient (Wildman–Crippen LogP) is 4.89. The zero-order valence-electron chi connectivity index (χ0n) is 14.7. The zero-order valence-corrected chi connectivity index (χ0v) is 15.5. The largest absolute Gasteiger partial charge is 0.497 e. The highest BCUT2D eigenvalue weighted by Gasteiger charge is 2.16. The molecule has 0 atom stereocenters. The fourth-order valence-electron chi connectivity index (χ4n) is 2.71. The molecule has 0 unspecified atom stereocenters. The van der Waals surface area contributed by atoms with Gasteiger partial charge < -0.3 is 14.5 Å². The zero-order chi connectivity index (χ0) is 18.5. The monoisotopic (exact) mass is 369 g/mol. The number of rotatable bonds is 6. The van der Waals surface area contributed by atoms with E-state index in [9.17, 15) is 4.79 Å². The molecule has 2 aromatic carbocycles. The van der Waals surface area contributed by atoms with Gasteiger partial charge >= 0.3 is 0 Å². The van der Waals surface area contributed by atoms with Crippen LogP contribution in [0.25, 0.3) is 11.3 Å². The Morgan fingerprint density at radius 1 is 1.15 bits per heavy atom. The summed E-state index contributed by atoms with van der Waals surface area (Å²) >= 11 is 6.20. The average Bonchev–Trinajstić information content (AvgIpc) is 3.04. The molecule has 0 radical (unpaired) electrons. The van der Waals surface area contributed by atoms with Crippen molar-refractivity contribution in [1.82, 2.24) is 5.32 Å². The Labute approximate surface area is 157 Å². The standard InChI is InChI=1S/C21H20ClNO3/c1-14-18(13-20(26-14)17-5-3-4-6-19(17)22)21(24)23-12-11-15-7-9-16(25-2)10-8-15/h3-10,13H,11-12H2,1-2H3,(H,23,24). The van der Waals surface area contributed by atoms with E-state index in [4.69, 9.17) is 20.8 Å². The van der Waals surface area contributed by atoms with Crippen LogP contribution < -0.4 is 10.1 Å². The normalized spacial score (nSPS) is 10.6. The van der Waals surface area contributed by atoms with Crippen molar-refractivity contribution < 1.29 is 13.9 Å². The van der Waals surface area contributed by atoms with Crippen LogP contribution in [0.15, 0.2) is 59.0 Å². The number of amides is 1. The fourth-order valence-corrected chi connectivity index (χ4v) is 2.94. The third kappa shape index (κ3) is 4.09. The third-order valence-corrected chi connectivity index (χ3v) is 4.49. The number of methoxy groups -OCH3 is 1. The number of ether oxygens (including phenoxy) is 1. The Bertz CT molecular complexity index is 900. The van der Waals surface area contributed by atoms with Crippen LogP contribution in [0.3, 0.4) is 0 Å². The smallest absolute Gasteiger partial charge is 0.254 e. The Morgan fingerprint density at radius 2 is 1.88 bits per heavy atom. The van der Waals surface area contributed by atoms with Crippen molar-refractivity contribution in [2.45, 2.75) is 13.3 Å². The lowest BCUT2D eigenvalue weighted by Crippen LogP contribution is -2.25. The SMILES string of the molecule is COc1ccc(CCNC(=O)c2cc(-c3ccccc3Cl)oc2C)cc1. The second-order valence-electron chi connectivity index (χ2n) is 5.91. The number of furan rings is 1. The van der Waals surface area contributed by atoms with Gasteiger partial charge in [0.05, 0.1) is 17.7 Å². The highest BCUT2D eigenvalue weighted by Crippen LogP contribution is 2.30. The van der Waals surface area contributed by atoms with E-state index in [1.807, 2.05) is 42.5 Å². The molecule has 0 fully saturated rings. The van der Waals surface area contributed by atoms with Gasteiger partial charge in [-0.1, -0.05) is 35.9 Å². The van der Waals surface area contributed by atoms with Gasteiger partial charge in [-0.15, -0.1) is 0 Å². The predicted molar refractivity (Wildman–Crippen MR) is 103 cm³/mol. The van der Waals surface area contributed by atoms with Crippen LogP contribution in [0.2, 0.25) is 5.02 Å². The van der Waals surface area contributed by atoms with Gasteiger partial charge in [0, 0.05) is 12.1 Å². The van der Waals surface area contributed by atoms with Gasteiger partial charge in [0.1, 0.15) is 17.3 Å². The van der Waals surface area contributed by atoms with E-state index in [1.165, 1.54) is 0 Å². The number of aryl methyl sites for hydroxylation is 1. The molecule has 1 N–H and O–H groups in total. The molecule has 5 heteroatoms. The Hall–Kier alpha value is -2.72. The van der Waals surface area contributed by atoms with Gasteiger partial charge in [-0.2, -0.15) is 0 Å². The minimum absolute atomic E-state index is 0.155. The molecule has 0 saturated carbocycles. The number of carbonyl (C=O) groups is 1. The quantitative estimate of drug-likeness (QED) is 0.673. The van der Waals surface area contributed by atoms with Crippen LogP contribution in [0, 0.1) is 6.92 Å². The van der Waals surface area contributed by atoms with Gasteiger partial charge in [0.25, 0.3) is 5.91 Å². The Balaban J connectivity index is 1.64. The minimum atomic E-state index is -0.155. The Kier molecular flexibility index (Phi) is 5.64. The van der Waals surface area contributed by atoms with E-state index in [0.717, 1.165) is 23.3 Å². The third-order valence-electron chi connectivity index (χ3n) is 4.16. The van der Waals surface area contributed by atoms with E-state index in [-0.39, 0.29) is 5.91 Å². The summed E-state index contributed by atoms with van der Waals surface area (Å²) in [6, 6.07) is 16.9. The topological polar surface area (TPSA) is 51.5 Å². The molecule has 0 spiro atoms. The first-order valence-corrected chi connectivity index (χ1v) is 8.72. The van der Waals surface area contributed by atoms with E-state index in [1.54, 1.807) is 26.2 Å². The van der Waals surface area contributed by atoms with Crippen LogP contribution in [0.4, 0.5) is 0 Å². The molecular weight excluding hydrogens is 350 g/mol. The van der Waals surface area contributed by atoms with E-state index in [0.29, 0.717) is 28.7 Å². The number of nitrogens with one attached hydrogen (secondary N) is 1. The molecule has 0 aliphatic rings. The molecule has 0 aliphatic carbocycles. The molecule has 0 aliphatic heterocycles. The summed E-state index contributed by atoms with van der Waals surface area (Å²) in [6.07, 6.45) is 0.740. The summed E-state index contributed by atoms with van der Waals surface area (Å²) in [5.74, 6) is 1.83. The van der Waals surface area contributed by atoms with Gasteiger partial charge in [-0.25, -0.2) is 0 Å². The molecule has 0 saturated heterocycles. The molecule has 1 amide bonds. The maximum atomic E-state index is 12.5. The molecule has 3 rings (SSSR count). The van der Waals surface area contributed by atoms with Crippen LogP contribution in [-0.2, 0) is 6.42 Å². The maximum absolute atomic E-state index is 12.5. The van der Waals surface area contributed by atoms with Crippen molar-refractivity contribution in [3.05, 3.63) is 76.5 Å². The first kappa shape index (κ1) is 18.1. The second kappa shape index (κ2) is 8.11. The summed E-state index contributed by atoms with van der Waals surface area (Å²) in [4.78, 5) is 12.5. The molecule has 4 nitrogen and oxygen atoms in total. The van der Waals surface area contributed by atoms with Crippen LogP contribution in [0.5, 0.6) is 5.75 Å². The summed E-state index contributed by atoms with van der Waals surface area (Å²) in [5, 5.41) is 3.52. The Morgan fingerprint density at radius 3 is 2.58 bits per heavy atom. The maximum Gasteiger partial charge on any atom is 0.254 e. The van der Waals surface area contributed by atoms with Crippen molar-refractivity contribution in [1.29, 1.82) is 0 Å². The van der Waals surface area contributed by atoms with E-state index in [2.05, 4.69) is 5.32 Å². The lowest BCUT2D eigenvalue weighted by Gasteiger charge is -2.05.